The average Bonchev–Trinajstić information content (AvgIpc) is 2.16. The van der Waals surface area contributed by atoms with Crippen molar-refractivity contribution in [3.63, 3.8) is 0 Å². The summed E-state index contributed by atoms with van der Waals surface area (Å²) in [4.78, 5) is 21.5. The van der Waals surface area contributed by atoms with Crippen LogP contribution in [0.3, 0.4) is 0 Å². The topological polar surface area (TPSA) is 63.6 Å². The van der Waals surface area contributed by atoms with Crippen molar-refractivity contribution in [1.82, 2.24) is 0 Å². The molecule has 0 radical (unpaired) electrons. The molecule has 0 aliphatic heterocycles. The van der Waals surface area contributed by atoms with Crippen LogP contribution in [0.2, 0.25) is 0 Å². The van der Waals surface area contributed by atoms with Crippen LogP contribution in [0.1, 0.15) is 20.7 Å². The van der Waals surface area contributed by atoms with Crippen molar-refractivity contribution in [1.29, 1.82) is 0 Å². The number of carbonyl (C=O) groups excluding carboxylic acids is 2. The first-order valence-electron chi connectivity index (χ1n) is 3.55. The van der Waals surface area contributed by atoms with Gasteiger partial charge in [0.1, 0.15) is 5.75 Å². The van der Waals surface area contributed by atoms with Gasteiger partial charge in [-0.05, 0) is 18.2 Å². The van der Waals surface area contributed by atoms with Gasteiger partial charge in [-0.25, -0.2) is 4.79 Å². The van der Waals surface area contributed by atoms with Crippen LogP contribution in [-0.2, 0) is 4.74 Å². The normalized spacial score (nSPS) is 9.31. The average molecular weight is 180 g/mol. The first kappa shape index (κ1) is 9.25. The van der Waals surface area contributed by atoms with Crippen LogP contribution in [0, 0.1) is 0 Å². The van der Waals surface area contributed by atoms with Gasteiger partial charge in [-0.3, -0.25) is 4.79 Å². The van der Waals surface area contributed by atoms with E-state index in [2.05, 4.69) is 4.74 Å². The number of hydrogen-bond acceptors (Lipinski definition) is 4. The smallest absolute Gasteiger partial charge is 0.338 e. The molecule has 1 aromatic carbocycles. The maximum Gasteiger partial charge on any atom is 0.338 e. The molecule has 4 heteroatoms. The van der Waals surface area contributed by atoms with E-state index < -0.39 is 5.97 Å². The molecule has 1 N–H and O–H groups in total. The summed E-state index contributed by atoms with van der Waals surface area (Å²) < 4.78 is 4.42. The van der Waals surface area contributed by atoms with Gasteiger partial charge in [0, 0.05) is 5.56 Å². The highest BCUT2D eigenvalue weighted by Gasteiger charge is 2.11. The Morgan fingerprint density at radius 1 is 1.54 bits per heavy atom. The molecule has 0 fully saturated rings. The maximum absolute atomic E-state index is 11.1. The van der Waals surface area contributed by atoms with Crippen molar-refractivity contribution < 1.29 is 19.4 Å². The number of aldehydes is 1. The van der Waals surface area contributed by atoms with E-state index in [0.717, 1.165) is 0 Å². The summed E-state index contributed by atoms with van der Waals surface area (Å²) >= 11 is 0. The molecule has 13 heavy (non-hydrogen) atoms. The number of ether oxygens (including phenoxy) is 1. The molecule has 4 nitrogen and oxygen atoms in total. The van der Waals surface area contributed by atoms with Crippen molar-refractivity contribution in [3.05, 3.63) is 29.3 Å². The summed E-state index contributed by atoms with van der Waals surface area (Å²) in [5, 5.41) is 9.05. The third-order valence-corrected chi connectivity index (χ3v) is 1.57. The maximum atomic E-state index is 11.1. The fourth-order valence-corrected chi connectivity index (χ4v) is 0.934. The van der Waals surface area contributed by atoms with Gasteiger partial charge in [0.15, 0.2) is 6.29 Å². The van der Waals surface area contributed by atoms with Crippen LogP contribution < -0.4 is 0 Å². The van der Waals surface area contributed by atoms with E-state index in [4.69, 9.17) is 5.11 Å². The zero-order chi connectivity index (χ0) is 9.84. The lowest BCUT2D eigenvalue weighted by atomic mass is 10.1. The van der Waals surface area contributed by atoms with Gasteiger partial charge < -0.3 is 9.84 Å². The number of aromatic hydroxyl groups is 1. The van der Waals surface area contributed by atoms with E-state index in [1.807, 2.05) is 0 Å². The Kier molecular flexibility index (Phi) is 2.64. The van der Waals surface area contributed by atoms with Gasteiger partial charge in [0.05, 0.1) is 12.7 Å². The van der Waals surface area contributed by atoms with Gasteiger partial charge in [0.25, 0.3) is 0 Å². The summed E-state index contributed by atoms with van der Waals surface area (Å²) in [6.45, 7) is 0. The highest BCUT2D eigenvalue weighted by molar-refractivity contribution is 5.98. The number of phenolic OH excluding ortho intramolecular Hbond substituents is 1. The number of methoxy groups -OCH3 is 1. The first-order valence-corrected chi connectivity index (χ1v) is 3.55. The predicted octanol–water partition coefficient (Wildman–Crippen LogP) is 0.991. The Labute approximate surface area is 74.8 Å². The highest BCUT2D eigenvalue weighted by Crippen LogP contribution is 2.15. The molecule has 0 saturated carbocycles. The molecular formula is C9H8O4. The Balaban J connectivity index is 3.23. The van der Waals surface area contributed by atoms with Gasteiger partial charge >= 0.3 is 5.97 Å². The summed E-state index contributed by atoms with van der Waals surface area (Å²) in [7, 11) is 1.21. The van der Waals surface area contributed by atoms with E-state index in [9.17, 15) is 9.59 Å². The van der Waals surface area contributed by atoms with Crippen molar-refractivity contribution >= 4 is 12.3 Å². The predicted molar refractivity (Wildman–Crippen MR) is 44.8 cm³/mol. The fraction of sp³-hybridized carbons (Fsp3) is 0.111. The molecule has 0 aliphatic rings. The lowest BCUT2D eigenvalue weighted by Gasteiger charge is -2.02. The standard InChI is InChI=1S/C9H8O4/c1-13-9(12)8-4-7(11)3-2-6(8)5-10/h2-5,11H,1H3. The lowest BCUT2D eigenvalue weighted by Crippen LogP contribution is -2.04. The summed E-state index contributed by atoms with van der Waals surface area (Å²) in [5.74, 6) is -0.719. The van der Waals surface area contributed by atoms with Crippen molar-refractivity contribution in [2.24, 2.45) is 0 Å². The Bertz CT molecular complexity index is 343. The molecule has 0 atom stereocenters. The van der Waals surface area contributed by atoms with Gasteiger partial charge in [0.2, 0.25) is 0 Å². The molecule has 0 amide bonds. The second-order valence-corrected chi connectivity index (χ2v) is 2.38. The van der Waals surface area contributed by atoms with Crippen LogP contribution in [0.15, 0.2) is 18.2 Å². The second-order valence-electron chi connectivity index (χ2n) is 2.38. The fourth-order valence-electron chi connectivity index (χ4n) is 0.934. The Morgan fingerprint density at radius 2 is 2.23 bits per heavy atom. The number of rotatable bonds is 2. The second kappa shape index (κ2) is 3.71. The van der Waals surface area contributed by atoms with Crippen molar-refractivity contribution in [2.75, 3.05) is 7.11 Å². The van der Waals surface area contributed by atoms with Crippen LogP contribution in [0.4, 0.5) is 0 Å². The number of benzene rings is 1. The summed E-state index contributed by atoms with van der Waals surface area (Å²) in [5.41, 5.74) is 0.266. The number of esters is 1. The largest absolute Gasteiger partial charge is 0.508 e. The van der Waals surface area contributed by atoms with Crippen LogP contribution in [0.25, 0.3) is 0 Å². The zero-order valence-corrected chi connectivity index (χ0v) is 6.98. The molecule has 0 unspecified atom stereocenters. The third kappa shape index (κ3) is 1.84. The van der Waals surface area contributed by atoms with Crippen LogP contribution in [-0.4, -0.2) is 24.5 Å². The molecule has 0 aromatic heterocycles. The van der Waals surface area contributed by atoms with E-state index in [1.54, 1.807) is 0 Å². The van der Waals surface area contributed by atoms with Crippen LogP contribution >= 0.6 is 0 Å². The highest BCUT2D eigenvalue weighted by atomic mass is 16.5. The van der Waals surface area contributed by atoms with Gasteiger partial charge in [-0.15, -0.1) is 0 Å². The number of phenols is 1. The third-order valence-electron chi connectivity index (χ3n) is 1.57. The van der Waals surface area contributed by atoms with E-state index in [0.29, 0.717) is 6.29 Å². The molecular weight excluding hydrogens is 172 g/mol. The molecule has 68 valence electrons. The minimum absolute atomic E-state index is 0.0671. The number of carbonyl (C=O) groups is 2. The zero-order valence-electron chi connectivity index (χ0n) is 6.98. The molecule has 1 rings (SSSR count). The number of hydrogen-bond donors (Lipinski definition) is 1. The van der Waals surface area contributed by atoms with E-state index in [1.165, 1.54) is 25.3 Å². The molecule has 0 aliphatic carbocycles. The first-order chi connectivity index (χ1) is 6.19. The summed E-state index contributed by atoms with van der Waals surface area (Å²) in [6, 6.07) is 3.88. The molecule has 1 aromatic rings. The van der Waals surface area contributed by atoms with E-state index >= 15 is 0 Å². The molecule has 0 saturated heterocycles. The molecule has 0 bridgehead atoms. The monoisotopic (exact) mass is 180 g/mol. The Morgan fingerprint density at radius 3 is 2.77 bits per heavy atom. The van der Waals surface area contributed by atoms with Crippen LogP contribution in [0.5, 0.6) is 5.75 Å². The minimum Gasteiger partial charge on any atom is -0.508 e. The summed E-state index contributed by atoms with van der Waals surface area (Å²) in [6.07, 6.45) is 0.533. The lowest BCUT2D eigenvalue weighted by molar-refractivity contribution is 0.0598. The molecule has 0 heterocycles. The quantitative estimate of drug-likeness (QED) is 0.544. The Hall–Kier alpha value is -1.84. The van der Waals surface area contributed by atoms with E-state index in [-0.39, 0.29) is 16.9 Å². The molecule has 0 spiro atoms. The SMILES string of the molecule is COC(=O)c1cc(O)ccc1C=O. The minimum atomic E-state index is -0.641. The van der Waals surface area contributed by atoms with Gasteiger partial charge in [-0.1, -0.05) is 0 Å². The van der Waals surface area contributed by atoms with Crippen molar-refractivity contribution in [3.8, 4) is 5.75 Å². The van der Waals surface area contributed by atoms with Crippen molar-refractivity contribution in [2.45, 2.75) is 0 Å². The van der Waals surface area contributed by atoms with Gasteiger partial charge in [-0.2, -0.15) is 0 Å².